The molecule has 0 saturated carbocycles. The van der Waals surface area contributed by atoms with Gasteiger partial charge in [0.1, 0.15) is 5.82 Å². The number of hydrogen-bond acceptors (Lipinski definition) is 6. The summed E-state index contributed by atoms with van der Waals surface area (Å²) in [5.41, 5.74) is 0.503. The number of aromatic nitrogens is 3. The summed E-state index contributed by atoms with van der Waals surface area (Å²) >= 11 is 1.30. The van der Waals surface area contributed by atoms with E-state index in [0.717, 1.165) is 12.4 Å². The average Bonchev–Trinajstić information content (AvgIpc) is 2.85. The van der Waals surface area contributed by atoms with E-state index in [9.17, 15) is 14.9 Å². The van der Waals surface area contributed by atoms with Crippen molar-refractivity contribution in [3.63, 3.8) is 0 Å². The zero-order valence-corrected chi connectivity index (χ0v) is 13.0. The van der Waals surface area contributed by atoms with Crippen molar-refractivity contribution in [1.82, 2.24) is 14.8 Å². The van der Waals surface area contributed by atoms with Crippen molar-refractivity contribution in [2.75, 3.05) is 11.1 Å². The Morgan fingerprint density at radius 2 is 2.05 bits per heavy atom. The maximum absolute atomic E-state index is 11.9. The van der Waals surface area contributed by atoms with Crippen molar-refractivity contribution in [2.45, 2.75) is 25.5 Å². The van der Waals surface area contributed by atoms with E-state index < -0.39 is 4.92 Å². The van der Waals surface area contributed by atoms with Crippen molar-refractivity contribution in [2.24, 2.45) is 0 Å². The van der Waals surface area contributed by atoms with Crippen LogP contribution >= 0.6 is 11.8 Å². The van der Waals surface area contributed by atoms with Crippen LogP contribution in [0.25, 0.3) is 0 Å². The molecule has 9 heteroatoms. The first-order valence-corrected chi connectivity index (χ1v) is 7.56. The summed E-state index contributed by atoms with van der Waals surface area (Å²) in [6.07, 6.45) is 0. The van der Waals surface area contributed by atoms with Crippen LogP contribution in [0.3, 0.4) is 0 Å². The SMILES string of the molecule is CCn1c(C)nnc1SCC(=O)Nc1ccc([N+](=O)[O-])cc1. The molecule has 1 aromatic carbocycles. The highest BCUT2D eigenvalue weighted by molar-refractivity contribution is 7.99. The van der Waals surface area contributed by atoms with E-state index in [1.165, 1.54) is 36.0 Å². The van der Waals surface area contributed by atoms with E-state index in [2.05, 4.69) is 15.5 Å². The Kier molecular flexibility index (Phi) is 5.10. The van der Waals surface area contributed by atoms with Crippen LogP contribution in [0.4, 0.5) is 11.4 Å². The zero-order chi connectivity index (χ0) is 16.1. The molecule has 0 aliphatic rings. The minimum absolute atomic E-state index is 0.0149. The largest absolute Gasteiger partial charge is 0.325 e. The van der Waals surface area contributed by atoms with Gasteiger partial charge in [-0.15, -0.1) is 10.2 Å². The number of nitrogens with one attached hydrogen (secondary N) is 1. The van der Waals surface area contributed by atoms with Crippen LogP contribution < -0.4 is 5.32 Å². The lowest BCUT2D eigenvalue weighted by Crippen LogP contribution is -2.14. The van der Waals surface area contributed by atoms with E-state index in [1.807, 2.05) is 18.4 Å². The highest BCUT2D eigenvalue weighted by Gasteiger charge is 2.11. The summed E-state index contributed by atoms with van der Waals surface area (Å²) in [4.78, 5) is 22.0. The molecule has 0 spiro atoms. The van der Waals surface area contributed by atoms with Crippen molar-refractivity contribution in [3.8, 4) is 0 Å². The van der Waals surface area contributed by atoms with Gasteiger partial charge in [-0.2, -0.15) is 0 Å². The summed E-state index contributed by atoms with van der Waals surface area (Å²) in [6, 6.07) is 5.69. The normalized spacial score (nSPS) is 10.5. The van der Waals surface area contributed by atoms with E-state index in [0.29, 0.717) is 10.8 Å². The van der Waals surface area contributed by atoms with Gasteiger partial charge in [0.05, 0.1) is 10.7 Å². The van der Waals surface area contributed by atoms with Crippen LogP contribution in [-0.2, 0) is 11.3 Å². The molecule has 1 aromatic heterocycles. The molecule has 2 rings (SSSR count). The van der Waals surface area contributed by atoms with Gasteiger partial charge >= 0.3 is 0 Å². The highest BCUT2D eigenvalue weighted by Crippen LogP contribution is 2.18. The molecular formula is C13H15N5O3S. The maximum Gasteiger partial charge on any atom is 0.269 e. The molecule has 1 amide bonds. The van der Waals surface area contributed by atoms with Crippen LogP contribution in [0, 0.1) is 17.0 Å². The number of thioether (sulfide) groups is 1. The van der Waals surface area contributed by atoms with E-state index in [4.69, 9.17) is 0 Å². The predicted molar refractivity (Wildman–Crippen MR) is 82.9 cm³/mol. The number of amides is 1. The topological polar surface area (TPSA) is 103 Å². The molecule has 22 heavy (non-hydrogen) atoms. The van der Waals surface area contributed by atoms with Crippen LogP contribution in [0.5, 0.6) is 0 Å². The molecule has 0 atom stereocenters. The number of benzene rings is 1. The Morgan fingerprint density at radius 3 is 2.64 bits per heavy atom. The van der Waals surface area contributed by atoms with Gasteiger partial charge in [0.15, 0.2) is 5.16 Å². The number of nitro groups is 1. The molecule has 0 saturated heterocycles. The van der Waals surface area contributed by atoms with Gasteiger partial charge in [-0.1, -0.05) is 11.8 Å². The zero-order valence-electron chi connectivity index (χ0n) is 12.1. The molecule has 116 valence electrons. The van der Waals surface area contributed by atoms with Crippen molar-refractivity contribution in [3.05, 3.63) is 40.2 Å². The number of anilines is 1. The van der Waals surface area contributed by atoms with Crippen LogP contribution in [-0.4, -0.2) is 31.3 Å². The first kappa shape index (κ1) is 16.0. The molecule has 0 radical (unpaired) electrons. The first-order chi connectivity index (χ1) is 10.5. The molecule has 0 bridgehead atoms. The standard InChI is InChI=1S/C13H15N5O3S/c1-3-17-9(2)15-16-13(17)22-8-12(19)14-10-4-6-11(7-5-10)18(20)21/h4-7H,3,8H2,1-2H3,(H,14,19). The third kappa shape index (κ3) is 3.82. The second kappa shape index (κ2) is 7.03. The second-order valence-electron chi connectivity index (χ2n) is 4.41. The minimum atomic E-state index is -0.485. The fraction of sp³-hybridized carbons (Fsp3) is 0.308. The summed E-state index contributed by atoms with van der Waals surface area (Å²) in [5.74, 6) is 0.790. The van der Waals surface area contributed by atoms with Crippen molar-refractivity contribution < 1.29 is 9.72 Å². The van der Waals surface area contributed by atoms with Crippen LogP contribution in [0.15, 0.2) is 29.4 Å². The number of nitro benzene ring substituents is 1. The fourth-order valence-electron chi connectivity index (χ4n) is 1.83. The van der Waals surface area contributed by atoms with Crippen LogP contribution in [0.2, 0.25) is 0 Å². The lowest BCUT2D eigenvalue weighted by molar-refractivity contribution is -0.384. The van der Waals surface area contributed by atoms with E-state index in [1.54, 1.807) is 0 Å². The van der Waals surface area contributed by atoms with Gasteiger partial charge in [-0.25, -0.2) is 0 Å². The van der Waals surface area contributed by atoms with Gasteiger partial charge in [-0.3, -0.25) is 14.9 Å². The smallest absolute Gasteiger partial charge is 0.269 e. The number of carbonyl (C=O) groups is 1. The lowest BCUT2D eigenvalue weighted by atomic mass is 10.3. The number of nitrogens with zero attached hydrogens (tertiary/aromatic N) is 4. The number of hydrogen-bond donors (Lipinski definition) is 1. The Balaban J connectivity index is 1.91. The molecule has 0 unspecified atom stereocenters. The van der Waals surface area contributed by atoms with Gasteiger partial charge in [0.2, 0.25) is 5.91 Å². The van der Waals surface area contributed by atoms with Crippen molar-refractivity contribution >= 4 is 29.0 Å². The number of carbonyl (C=O) groups excluding carboxylic acids is 1. The van der Waals surface area contributed by atoms with Gasteiger partial charge in [0.25, 0.3) is 5.69 Å². The summed E-state index contributed by atoms with van der Waals surface area (Å²) in [7, 11) is 0. The summed E-state index contributed by atoms with van der Waals surface area (Å²) in [6.45, 7) is 4.58. The number of rotatable bonds is 6. The molecule has 0 fully saturated rings. The Labute approximate surface area is 131 Å². The minimum Gasteiger partial charge on any atom is -0.325 e. The summed E-state index contributed by atoms with van der Waals surface area (Å²) < 4.78 is 1.92. The van der Waals surface area contributed by atoms with Gasteiger partial charge < -0.3 is 9.88 Å². The third-order valence-electron chi connectivity index (χ3n) is 2.91. The molecule has 0 aliphatic carbocycles. The monoisotopic (exact) mass is 321 g/mol. The maximum atomic E-state index is 11.9. The molecule has 1 heterocycles. The first-order valence-electron chi connectivity index (χ1n) is 6.58. The molecule has 8 nitrogen and oxygen atoms in total. The quantitative estimate of drug-likeness (QED) is 0.497. The molecule has 2 aromatic rings. The van der Waals surface area contributed by atoms with Gasteiger partial charge in [-0.05, 0) is 26.0 Å². The number of aryl methyl sites for hydroxylation is 1. The van der Waals surface area contributed by atoms with Crippen LogP contribution in [0.1, 0.15) is 12.7 Å². The molecule has 0 aliphatic heterocycles. The fourth-order valence-corrected chi connectivity index (χ4v) is 2.67. The second-order valence-corrected chi connectivity index (χ2v) is 5.36. The lowest BCUT2D eigenvalue weighted by Gasteiger charge is -2.06. The Hall–Kier alpha value is -2.42. The average molecular weight is 321 g/mol. The van der Waals surface area contributed by atoms with E-state index >= 15 is 0 Å². The number of non-ortho nitro benzene ring substituents is 1. The van der Waals surface area contributed by atoms with Gasteiger partial charge in [0, 0.05) is 24.4 Å². The highest BCUT2D eigenvalue weighted by atomic mass is 32.2. The predicted octanol–water partition coefficient (Wildman–Crippen LogP) is 2.25. The third-order valence-corrected chi connectivity index (χ3v) is 3.88. The Bertz CT molecular complexity index is 683. The Morgan fingerprint density at radius 1 is 1.36 bits per heavy atom. The van der Waals surface area contributed by atoms with E-state index in [-0.39, 0.29) is 17.3 Å². The molecular weight excluding hydrogens is 306 g/mol. The summed E-state index contributed by atoms with van der Waals surface area (Å²) in [5, 5.41) is 21.9. The molecule has 1 N–H and O–H groups in total. The van der Waals surface area contributed by atoms with Crippen molar-refractivity contribution in [1.29, 1.82) is 0 Å².